The molecule has 31 heavy (non-hydrogen) atoms. The molecule has 1 fully saturated rings. The fourth-order valence-corrected chi connectivity index (χ4v) is 4.42. The van der Waals surface area contributed by atoms with E-state index in [9.17, 15) is 9.59 Å². The number of carbonyl (C=O) groups excluding carboxylic acids is 1. The molecule has 3 aromatic heterocycles. The quantitative estimate of drug-likeness (QED) is 0.631. The molecule has 162 valence electrons. The zero-order valence-corrected chi connectivity index (χ0v) is 18.1. The summed E-state index contributed by atoms with van der Waals surface area (Å²) in [6.45, 7) is 4.52. The average Bonchev–Trinajstić information content (AvgIpc) is 3.41. The highest BCUT2D eigenvalue weighted by molar-refractivity contribution is 5.95. The minimum atomic E-state index is -0.369. The molecule has 0 unspecified atom stereocenters. The van der Waals surface area contributed by atoms with Crippen LogP contribution >= 0.6 is 0 Å². The Labute approximate surface area is 181 Å². The molecule has 1 amide bonds. The Bertz CT molecular complexity index is 1110. The van der Waals surface area contributed by atoms with E-state index in [-0.39, 0.29) is 23.4 Å². The van der Waals surface area contributed by atoms with E-state index in [2.05, 4.69) is 20.0 Å². The monoisotopic (exact) mass is 420 g/mol. The van der Waals surface area contributed by atoms with Crippen molar-refractivity contribution in [2.45, 2.75) is 59.0 Å². The van der Waals surface area contributed by atoms with E-state index in [1.165, 1.54) is 12.8 Å². The Balaban J connectivity index is 1.70. The maximum absolute atomic E-state index is 13.2. The number of hydrogen-bond donors (Lipinski definition) is 1. The van der Waals surface area contributed by atoms with Crippen LogP contribution in [-0.2, 0) is 19.5 Å². The molecule has 0 spiro atoms. The number of amides is 1. The summed E-state index contributed by atoms with van der Waals surface area (Å²) < 4.78 is 7.29. The van der Waals surface area contributed by atoms with Gasteiger partial charge in [0.15, 0.2) is 11.2 Å². The molecule has 7 heteroatoms. The van der Waals surface area contributed by atoms with Crippen LogP contribution in [0.1, 0.15) is 64.4 Å². The van der Waals surface area contributed by atoms with Gasteiger partial charge in [-0.05, 0) is 37.8 Å². The molecule has 0 atom stereocenters. The molecule has 0 aliphatic heterocycles. The first-order chi connectivity index (χ1) is 15.0. The van der Waals surface area contributed by atoms with Crippen molar-refractivity contribution < 1.29 is 9.32 Å². The standard InChI is InChI=1S/C24H28N4O3/c1-16-10-20(31-27-16)14-26-24(30)23-21(12-18-6-3-4-7-18)28(17(2)11-22(23)29)15-19-8-5-9-25-13-19/h5,8-11,13,18H,3-4,6-7,12,14-15H2,1-2H3,(H,26,30). The lowest BCUT2D eigenvalue weighted by molar-refractivity contribution is 0.0943. The number of aromatic nitrogens is 3. The number of nitrogens with zero attached hydrogens (tertiary/aromatic N) is 3. The van der Waals surface area contributed by atoms with Gasteiger partial charge in [0.05, 0.1) is 12.2 Å². The van der Waals surface area contributed by atoms with Crippen molar-refractivity contribution in [1.29, 1.82) is 0 Å². The lowest BCUT2D eigenvalue weighted by Gasteiger charge is -2.22. The van der Waals surface area contributed by atoms with Crippen molar-refractivity contribution in [1.82, 2.24) is 20.0 Å². The van der Waals surface area contributed by atoms with Gasteiger partial charge < -0.3 is 14.4 Å². The van der Waals surface area contributed by atoms with Crippen LogP contribution in [0.15, 0.2) is 46.0 Å². The lowest BCUT2D eigenvalue weighted by atomic mass is 9.96. The fourth-order valence-electron chi connectivity index (χ4n) is 4.42. The van der Waals surface area contributed by atoms with Crippen LogP contribution < -0.4 is 10.7 Å². The number of hydrogen-bond acceptors (Lipinski definition) is 5. The van der Waals surface area contributed by atoms with Gasteiger partial charge in [-0.3, -0.25) is 14.6 Å². The van der Waals surface area contributed by atoms with Crippen molar-refractivity contribution in [3.05, 3.63) is 80.9 Å². The van der Waals surface area contributed by atoms with Gasteiger partial charge in [0, 0.05) is 42.5 Å². The van der Waals surface area contributed by atoms with E-state index in [1.807, 2.05) is 32.2 Å². The van der Waals surface area contributed by atoms with Crippen LogP contribution in [0.5, 0.6) is 0 Å². The zero-order valence-electron chi connectivity index (χ0n) is 18.1. The third-order valence-electron chi connectivity index (χ3n) is 5.97. The molecule has 7 nitrogen and oxygen atoms in total. The summed E-state index contributed by atoms with van der Waals surface area (Å²) in [5, 5.41) is 6.69. The molecule has 1 aliphatic rings. The second-order valence-corrected chi connectivity index (χ2v) is 8.39. The molecule has 1 saturated carbocycles. The van der Waals surface area contributed by atoms with Crippen LogP contribution in [0.2, 0.25) is 0 Å². The highest BCUT2D eigenvalue weighted by Crippen LogP contribution is 2.29. The van der Waals surface area contributed by atoms with E-state index < -0.39 is 0 Å². The number of carbonyl (C=O) groups is 1. The Kier molecular flexibility index (Phi) is 6.30. The molecular formula is C24H28N4O3. The molecule has 0 radical (unpaired) electrons. The Morgan fingerprint density at radius 3 is 2.74 bits per heavy atom. The average molecular weight is 421 g/mol. The van der Waals surface area contributed by atoms with Crippen LogP contribution in [0.4, 0.5) is 0 Å². The van der Waals surface area contributed by atoms with Crippen LogP contribution in [0, 0.1) is 19.8 Å². The van der Waals surface area contributed by atoms with E-state index in [0.717, 1.165) is 41.9 Å². The van der Waals surface area contributed by atoms with Gasteiger partial charge in [0.2, 0.25) is 0 Å². The molecule has 1 N–H and O–H groups in total. The predicted molar refractivity (Wildman–Crippen MR) is 117 cm³/mol. The second-order valence-electron chi connectivity index (χ2n) is 8.39. The summed E-state index contributed by atoms with van der Waals surface area (Å²) in [7, 11) is 0. The van der Waals surface area contributed by atoms with Gasteiger partial charge >= 0.3 is 0 Å². The lowest BCUT2D eigenvalue weighted by Crippen LogP contribution is -2.33. The maximum atomic E-state index is 13.2. The van der Waals surface area contributed by atoms with Gasteiger partial charge in [-0.15, -0.1) is 0 Å². The summed E-state index contributed by atoms with van der Waals surface area (Å²) in [4.78, 5) is 30.3. The summed E-state index contributed by atoms with van der Waals surface area (Å²) >= 11 is 0. The second kappa shape index (κ2) is 9.29. The third kappa shape index (κ3) is 4.93. The van der Waals surface area contributed by atoms with Crippen LogP contribution in [0.25, 0.3) is 0 Å². The van der Waals surface area contributed by atoms with Crippen molar-refractivity contribution in [3.63, 3.8) is 0 Å². The Morgan fingerprint density at radius 1 is 1.26 bits per heavy atom. The molecule has 4 rings (SSSR count). The minimum absolute atomic E-state index is 0.193. The van der Waals surface area contributed by atoms with Crippen molar-refractivity contribution in [2.24, 2.45) is 5.92 Å². The molecule has 3 heterocycles. The van der Waals surface area contributed by atoms with E-state index >= 15 is 0 Å². The van der Waals surface area contributed by atoms with Crippen molar-refractivity contribution in [2.75, 3.05) is 0 Å². The van der Waals surface area contributed by atoms with Crippen molar-refractivity contribution >= 4 is 5.91 Å². The zero-order chi connectivity index (χ0) is 21.8. The molecule has 3 aromatic rings. The van der Waals surface area contributed by atoms with Gasteiger partial charge in [-0.1, -0.05) is 36.9 Å². The SMILES string of the molecule is Cc1cc(CNC(=O)c2c(CC3CCCC3)n(Cc3cccnc3)c(C)cc2=O)on1. The summed E-state index contributed by atoms with van der Waals surface area (Å²) in [6, 6.07) is 7.24. The number of rotatable bonds is 7. The third-order valence-corrected chi connectivity index (χ3v) is 5.97. The van der Waals surface area contributed by atoms with E-state index in [1.54, 1.807) is 18.3 Å². The molecular weight excluding hydrogens is 392 g/mol. The summed E-state index contributed by atoms with van der Waals surface area (Å²) in [5.74, 6) is 0.683. The van der Waals surface area contributed by atoms with Gasteiger partial charge in [-0.25, -0.2) is 0 Å². The highest BCUT2D eigenvalue weighted by atomic mass is 16.5. The largest absolute Gasteiger partial charge is 0.359 e. The summed E-state index contributed by atoms with van der Waals surface area (Å²) in [5.41, 5.74) is 3.44. The number of nitrogens with one attached hydrogen (secondary N) is 1. The summed E-state index contributed by atoms with van der Waals surface area (Å²) in [6.07, 6.45) is 8.96. The van der Waals surface area contributed by atoms with Crippen LogP contribution in [-0.4, -0.2) is 20.6 Å². The first kappa shape index (κ1) is 21.0. The Hall–Kier alpha value is -3.22. The predicted octanol–water partition coefficient (Wildman–Crippen LogP) is 3.56. The first-order valence-corrected chi connectivity index (χ1v) is 10.8. The molecule has 0 bridgehead atoms. The number of pyridine rings is 2. The molecule has 0 aromatic carbocycles. The number of aryl methyl sites for hydroxylation is 2. The highest BCUT2D eigenvalue weighted by Gasteiger charge is 2.25. The topological polar surface area (TPSA) is 90.0 Å². The van der Waals surface area contributed by atoms with E-state index in [0.29, 0.717) is 18.2 Å². The maximum Gasteiger partial charge on any atom is 0.257 e. The minimum Gasteiger partial charge on any atom is -0.359 e. The molecule has 1 aliphatic carbocycles. The van der Waals surface area contributed by atoms with Gasteiger partial charge in [-0.2, -0.15) is 0 Å². The molecule has 0 saturated heterocycles. The first-order valence-electron chi connectivity index (χ1n) is 10.8. The van der Waals surface area contributed by atoms with Crippen molar-refractivity contribution in [3.8, 4) is 0 Å². The smallest absolute Gasteiger partial charge is 0.257 e. The van der Waals surface area contributed by atoms with Crippen LogP contribution in [0.3, 0.4) is 0 Å². The van der Waals surface area contributed by atoms with Gasteiger partial charge in [0.25, 0.3) is 5.91 Å². The Morgan fingerprint density at radius 2 is 2.06 bits per heavy atom. The van der Waals surface area contributed by atoms with Gasteiger partial charge in [0.1, 0.15) is 5.56 Å². The fraction of sp³-hybridized carbons (Fsp3) is 0.417. The normalized spacial score (nSPS) is 14.1. The van der Waals surface area contributed by atoms with E-state index in [4.69, 9.17) is 4.52 Å².